The van der Waals surface area contributed by atoms with Crippen molar-refractivity contribution in [2.45, 2.75) is 83.8 Å². The molecular weight excluding hydrogens is 270 g/mol. The third-order valence-corrected chi connectivity index (χ3v) is 4.39. The normalized spacial score (nSPS) is 33.0. The molecule has 0 radical (unpaired) electrons. The van der Waals surface area contributed by atoms with Gasteiger partial charge in [-0.3, -0.25) is 4.90 Å². The van der Waals surface area contributed by atoms with Crippen LogP contribution in [0.3, 0.4) is 0 Å². The van der Waals surface area contributed by atoms with Crippen molar-refractivity contribution in [2.24, 2.45) is 5.92 Å². The van der Waals surface area contributed by atoms with Crippen LogP contribution >= 0.6 is 0 Å². The van der Waals surface area contributed by atoms with Crippen LogP contribution in [-0.4, -0.2) is 46.2 Å². The average molecular weight is 299 g/mol. The maximum absolute atomic E-state index is 12.6. The lowest BCUT2D eigenvalue weighted by molar-refractivity contribution is -0.0656. The zero-order valence-corrected chi connectivity index (χ0v) is 13.9. The van der Waals surface area contributed by atoms with Gasteiger partial charge in [0.05, 0.1) is 18.8 Å². The van der Waals surface area contributed by atoms with Crippen LogP contribution in [0.25, 0.3) is 0 Å². The first-order valence-electron chi connectivity index (χ1n) is 7.94. The smallest absolute Gasteiger partial charge is 0.412 e. The first-order chi connectivity index (χ1) is 9.60. The van der Waals surface area contributed by atoms with Gasteiger partial charge in [0.25, 0.3) is 0 Å². The Morgan fingerprint density at radius 1 is 1.24 bits per heavy atom. The van der Waals surface area contributed by atoms with Crippen molar-refractivity contribution >= 4 is 6.09 Å². The Balaban J connectivity index is 2.11. The maximum Gasteiger partial charge on any atom is 0.412 e. The summed E-state index contributed by atoms with van der Waals surface area (Å²) in [5, 5.41) is 9.66. The molecule has 1 heterocycles. The van der Waals surface area contributed by atoms with E-state index in [1.165, 1.54) is 0 Å². The second kappa shape index (κ2) is 5.76. The number of amides is 1. The molecule has 1 atom stereocenters. The van der Waals surface area contributed by atoms with Gasteiger partial charge in [0.15, 0.2) is 0 Å². The molecule has 5 heteroatoms. The summed E-state index contributed by atoms with van der Waals surface area (Å²) >= 11 is 0. The molecule has 1 aliphatic carbocycles. The Morgan fingerprint density at radius 3 is 2.33 bits per heavy atom. The van der Waals surface area contributed by atoms with E-state index in [0.717, 1.165) is 25.7 Å². The molecule has 0 aromatic rings. The van der Waals surface area contributed by atoms with Crippen molar-refractivity contribution in [3.63, 3.8) is 0 Å². The highest BCUT2D eigenvalue weighted by atomic mass is 16.6. The zero-order valence-electron chi connectivity index (χ0n) is 13.9. The van der Waals surface area contributed by atoms with Crippen molar-refractivity contribution in [3.8, 4) is 0 Å². The van der Waals surface area contributed by atoms with E-state index in [1.54, 1.807) is 4.90 Å². The number of carbonyl (C=O) groups excluding carboxylic acids is 1. The van der Waals surface area contributed by atoms with Gasteiger partial charge in [0.1, 0.15) is 11.3 Å². The molecule has 5 nitrogen and oxygen atoms in total. The van der Waals surface area contributed by atoms with E-state index in [4.69, 9.17) is 9.47 Å². The molecule has 1 N–H and O–H groups in total. The molecule has 2 aliphatic rings. The Kier molecular flexibility index (Phi) is 4.54. The standard InChI is InChI=1S/C16H29NO4/c1-15(2,3)21-14(19)17-13(10-20-16(17,4)5)11-6-8-12(18)9-7-11/h11-13,18H,6-10H2,1-5H3/t11?,12?,13-/m0/s1. The molecule has 1 aliphatic heterocycles. The van der Waals surface area contributed by atoms with Crippen LogP contribution in [-0.2, 0) is 9.47 Å². The predicted molar refractivity (Wildman–Crippen MR) is 79.9 cm³/mol. The van der Waals surface area contributed by atoms with Crippen molar-refractivity contribution in [2.75, 3.05) is 6.61 Å². The van der Waals surface area contributed by atoms with E-state index in [2.05, 4.69) is 0 Å². The largest absolute Gasteiger partial charge is 0.444 e. The zero-order chi connectivity index (χ0) is 15.8. The van der Waals surface area contributed by atoms with Gasteiger partial charge in [0.2, 0.25) is 0 Å². The number of hydrogen-bond acceptors (Lipinski definition) is 4. The van der Waals surface area contributed by atoms with Crippen molar-refractivity contribution in [1.29, 1.82) is 0 Å². The molecule has 21 heavy (non-hydrogen) atoms. The molecule has 0 aromatic carbocycles. The summed E-state index contributed by atoms with van der Waals surface area (Å²) < 4.78 is 11.4. The van der Waals surface area contributed by atoms with Crippen molar-refractivity contribution in [1.82, 2.24) is 4.90 Å². The van der Waals surface area contributed by atoms with Crippen molar-refractivity contribution in [3.05, 3.63) is 0 Å². The lowest BCUT2D eigenvalue weighted by Crippen LogP contribution is -2.52. The van der Waals surface area contributed by atoms with Gasteiger partial charge in [-0.05, 0) is 66.2 Å². The van der Waals surface area contributed by atoms with Gasteiger partial charge in [0, 0.05) is 0 Å². The number of rotatable bonds is 1. The molecule has 0 unspecified atom stereocenters. The van der Waals surface area contributed by atoms with E-state index in [0.29, 0.717) is 12.5 Å². The lowest BCUT2D eigenvalue weighted by Gasteiger charge is -2.39. The molecule has 0 aromatic heterocycles. The SMILES string of the molecule is CC(C)(C)OC(=O)N1[C@H](C2CCC(O)CC2)COC1(C)C. The van der Waals surface area contributed by atoms with Crippen LogP contribution in [0, 0.1) is 5.92 Å². The van der Waals surface area contributed by atoms with Crippen LogP contribution in [0.4, 0.5) is 4.79 Å². The number of hydrogen-bond donors (Lipinski definition) is 1. The van der Waals surface area contributed by atoms with Crippen LogP contribution in [0.5, 0.6) is 0 Å². The Bertz CT molecular complexity index is 380. The predicted octanol–water partition coefficient (Wildman–Crippen LogP) is 2.91. The summed E-state index contributed by atoms with van der Waals surface area (Å²) in [7, 11) is 0. The summed E-state index contributed by atoms with van der Waals surface area (Å²) in [6.07, 6.45) is 3.00. The topological polar surface area (TPSA) is 59.0 Å². The van der Waals surface area contributed by atoms with E-state index >= 15 is 0 Å². The molecule has 1 amide bonds. The Morgan fingerprint density at radius 2 is 1.81 bits per heavy atom. The third kappa shape index (κ3) is 3.89. The summed E-state index contributed by atoms with van der Waals surface area (Å²) in [5.74, 6) is 0.377. The second-order valence-electron chi connectivity index (χ2n) is 7.74. The Hall–Kier alpha value is -0.810. The fraction of sp³-hybridized carbons (Fsp3) is 0.938. The summed E-state index contributed by atoms with van der Waals surface area (Å²) in [4.78, 5) is 14.3. The monoisotopic (exact) mass is 299 g/mol. The van der Waals surface area contributed by atoms with E-state index in [1.807, 2.05) is 34.6 Å². The minimum absolute atomic E-state index is 0.0438. The van der Waals surface area contributed by atoms with Gasteiger partial charge in [-0.25, -0.2) is 4.79 Å². The van der Waals surface area contributed by atoms with Crippen molar-refractivity contribution < 1.29 is 19.4 Å². The molecule has 1 saturated heterocycles. The maximum atomic E-state index is 12.6. The molecule has 0 bridgehead atoms. The van der Waals surface area contributed by atoms with Gasteiger partial charge >= 0.3 is 6.09 Å². The Labute approximate surface area is 127 Å². The minimum Gasteiger partial charge on any atom is -0.444 e. The van der Waals surface area contributed by atoms with Crippen LogP contribution in [0.15, 0.2) is 0 Å². The van der Waals surface area contributed by atoms with E-state index in [9.17, 15) is 9.90 Å². The average Bonchev–Trinajstić information content (AvgIpc) is 2.64. The fourth-order valence-corrected chi connectivity index (χ4v) is 3.33. The highest BCUT2D eigenvalue weighted by Crippen LogP contribution is 2.38. The van der Waals surface area contributed by atoms with Crippen LogP contribution in [0.2, 0.25) is 0 Å². The quantitative estimate of drug-likeness (QED) is 0.809. The fourth-order valence-electron chi connectivity index (χ4n) is 3.33. The minimum atomic E-state index is -0.636. The molecule has 122 valence electrons. The van der Waals surface area contributed by atoms with Gasteiger partial charge in [-0.2, -0.15) is 0 Å². The van der Waals surface area contributed by atoms with Crippen LogP contribution in [0.1, 0.15) is 60.3 Å². The molecule has 2 fully saturated rings. The summed E-state index contributed by atoms with van der Waals surface area (Å²) in [6, 6.07) is 0.0438. The second-order valence-corrected chi connectivity index (χ2v) is 7.74. The van der Waals surface area contributed by atoms with E-state index in [-0.39, 0.29) is 18.2 Å². The first kappa shape index (κ1) is 16.6. The number of aliphatic hydroxyl groups excluding tert-OH is 1. The molecule has 1 saturated carbocycles. The number of carbonyl (C=O) groups is 1. The first-order valence-corrected chi connectivity index (χ1v) is 7.94. The molecule has 2 rings (SSSR count). The van der Waals surface area contributed by atoms with Gasteiger partial charge in [-0.15, -0.1) is 0 Å². The van der Waals surface area contributed by atoms with E-state index < -0.39 is 11.3 Å². The molecular formula is C16H29NO4. The summed E-state index contributed by atoms with van der Waals surface area (Å²) in [5.41, 5.74) is -1.15. The highest BCUT2D eigenvalue weighted by molar-refractivity contribution is 5.69. The highest BCUT2D eigenvalue weighted by Gasteiger charge is 2.48. The lowest BCUT2D eigenvalue weighted by atomic mass is 9.82. The molecule has 0 spiro atoms. The number of aliphatic hydroxyl groups is 1. The van der Waals surface area contributed by atoms with Gasteiger partial charge < -0.3 is 14.6 Å². The number of nitrogens with zero attached hydrogens (tertiary/aromatic N) is 1. The van der Waals surface area contributed by atoms with Gasteiger partial charge in [-0.1, -0.05) is 0 Å². The van der Waals surface area contributed by atoms with Crippen LogP contribution < -0.4 is 0 Å². The third-order valence-electron chi connectivity index (χ3n) is 4.39. The summed E-state index contributed by atoms with van der Waals surface area (Å²) in [6.45, 7) is 10.00. The number of ether oxygens (including phenoxy) is 2.